The molecule has 0 atom stereocenters. The first-order valence-electron chi connectivity index (χ1n) is 6.90. The number of rotatable bonds is 2. The second kappa shape index (κ2) is 6.07. The lowest BCUT2D eigenvalue weighted by atomic mass is 10.2. The van der Waals surface area contributed by atoms with Crippen LogP contribution in [-0.2, 0) is 6.42 Å². The molecule has 0 amide bonds. The summed E-state index contributed by atoms with van der Waals surface area (Å²) in [6, 6.07) is 7.48. The van der Waals surface area contributed by atoms with Crippen LogP contribution >= 0.6 is 12.2 Å². The molecule has 0 radical (unpaired) electrons. The Morgan fingerprint density at radius 3 is 3.05 bits per heavy atom. The number of nitrogens with zero attached hydrogens (tertiary/aromatic N) is 4. The number of pyridine rings is 2. The summed E-state index contributed by atoms with van der Waals surface area (Å²) in [5.41, 5.74) is 9.02. The molecule has 1 aliphatic heterocycles. The molecule has 3 heterocycles. The first kappa shape index (κ1) is 14.4. The van der Waals surface area contributed by atoms with Crippen LogP contribution in [-0.4, -0.2) is 34.5 Å². The van der Waals surface area contributed by atoms with Gasteiger partial charge in [-0.05, 0) is 42.4 Å². The van der Waals surface area contributed by atoms with Gasteiger partial charge in [0.25, 0.3) is 0 Å². The SMILES string of the molecule is CN1CCc2cc(/C(N)=N/C(=S)Nc3ccccn3)ncc21. The molecule has 112 valence electrons. The second-order valence-electron chi connectivity index (χ2n) is 5.01. The Hall–Kier alpha value is -2.54. The van der Waals surface area contributed by atoms with Crippen molar-refractivity contribution in [2.24, 2.45) is 10.7 Å². The van der Waals surface area contributed by atoms with Crippen LogP contribution in [0, 0.1) is 0 Å². The molecule has 0 spiro atoms. The van der Waals surface area contributed by atoms with Crippen molar-refractivity contribution in [3.63, 3.8) is 0 Å². The standard InChI is InChI=1S/C15H16N6S/c1-21-7-5-10-8-11(18-9-12(10)21)14(16)20-15(22)19-13-4-2-3-6-17-13/h2-4,6,8-9H,5,7H2,1H3,(H3,16,17,19,20,22). The molecule has 6 nitrogen and oxygen atoms in total. The average molecular weight is 312 g/mol. The van der Waals surface area contributed by atoms with Gasteiger partial charge in [-0.15, -0.1) is 0 Å². The van der Waals surface area contributed by atoms with Crippen molar-refractivity contribution < 1.29 is 0 Å². The zero-order valence-corrected chi connectivity index (χ0v) is 13.0. The lowest BCUT2D eigenvalue weighted by Crippen LogP contribution is -2.20. The van der Waals surface area contributed by atoms with E-state index in [1.54, 1.807) is 6.20 Å². The third-order valence-corrected chi connectivity index (χ3v) is 3.67. The summed E-state index contributed by atoms with van der Waals surface area (Å²) in [6.07, 6.45) is 4.50. The highest BCUT2D eigenvalue weighted by atomic mass is 32.1. The first-order valence-corrected chi connectivity index (χ1v) is 7.31. The number of aliphatic imine (C=N–C) groups is 1. The van der Waals surface area contributed by atoms with Crippen LogP contribution < -0.4 is 16.0 Å². The van der Waals surface area contributed by atoms with E-state index in [0.29, 0.717) is 17.3 Å². The number of aromatic nitrogens is 2. The summed E-state index contributed by atoms with van der Waals surface area (Å²) in [4.78, 5) is 14.8. The molecule has 0 saturated carbocycles. The topological polar surface area (TPSA) is 79.4 Å². The van der Waals surface area contributed by atoms with Crippen molar-refractivity contribution >= 4 is 34.7 Å². The van der Waals surface area contributed by atoms with Gasteiger partial charge in [0, 0.05) is 19.8 Å². The Kier molecular flexibility index (Phi) is 3.97. The van der Waals surface area contributed by atoms with E-state index in [4.69, 9.17) is 18.0 Å². The number of nitrogens with two attached hydrogens (primary N) is 1. The third kappa shape index (κ3) is 3.04. The van der Waals surface area contributed by atoms with Gasteiger partial charge >= 0.3 is 0 Å². The summed E-state index contributed by atoms with van der Waals surface area (Å²) in [6.45, 7) is 0.997. The van der Waals surface area contributed by atoms with Gasteiger partial charge in [-0.2, -0.15) is 0 Å². The van der Waals surface area contributed by atoms with Crippen LogP contribution in [0.4, 0.5) is 11.5 Å². The van der Waals surface area contributed by atoms with Crippen molar-refractivity contribution in [2.45, 2.75) is 6.42 Å². The molecule has 7 heteroatoms. The quantitative estimate of drug-likeness (QED) is 0.498. The van der Waals surface area contributed by atoms with Crippen LogP contribution in [0.5, 0.6) is 0 Å². The number of fused-ring (bicyclic) bond motifs is 1. The molecule has 0 unspecified atom stereocenters. The summed E-state index contributed by atoms with van der Waals surface area (Å²) >= 11 is 5.18. The van der Waals surface area contributed by atoms with E-state index in [1.165, 1.54) is 5.56 Å². The van der Waals surface area contributed by atoms with Gasteiger partial charge in [-0.1, -0.05) is 6.07 Å². The minimum atomic E-state index is 0.260. The van der Waals surface area contributed by atoms with Gasteiger partial charge in [-0.25, -0.2) is 9.98 Å². The van der Waals surface area contributed by atoms with E-state index >= 15 is 0 Å². The molecule has 0 bridgehead atoms. The van der Waals surface area contributed by atoms with Crippen molar-refractivity contribution in [3.05, 3.63) is 47.9 Å². The molecule has 0 saturated heterocycles. The Labute approximate surface area is 134 Å². The van der Waals surface area contributed by atoms with Gasteiger partial charge < -0.3 is 16.0 Å². The molecule has 3 N–H and O–H groups in total. The highest BCUT2D eigenvalue weighted by molar-refractivity contribution is 7.80. The Morgan fingerprint density at radius 1 is 1.41 bits per heavy atom. The molecule has 3 rings (SSSR count). The fraction of sp³-hybridized carbons (Fsp3) is 0.200. The van der Waals surface area contributed by atoms with E-state index in [9.17, 15) is 0 Å². The maximum atomic E-state index is 6.00. The number of nitrogens with one attached hydrogen (secondary N) is 1. The highest BCUT2D eigenvalue weighted by Crippen LogP contribution is 2.25. The second-order valence-corrected chi connectivity index (χ2v) is 5.40. The van der Waals surface area contributed by atoms with Gasteiger partial charge in [0.05, 0.1) is 11.9 Å². The molecular weight excluding hydrogens is 296 g/mol. The van der Waals surface area contributed by atoms with Crippen LogP contribution in [0.2, 0.25) is 0 Å². The van der Waals surface area contributed by atoms with Crippen LogP contribution in [0.15, 0.2) is 41.7 Å². The molecule has 1 aliphatic rings. The largest absolute Gasteiger partial charge is 0.382 e. The zero-order valence-electron chi connectivity index (χ0n) is 12.2. The van der Waals surface area contributed by atoms with Crippen molar-refractivity contribution in [2.75, 3.05) is 23.8 Å². The zero-order chi connectivity index (χ0) is 15.5. The normalized spacial score (nSPS) is 13.9. The van der Waals surface area contributed by atoms with E-state index in [1.807, 2.05) is 30.5 Å². The van der Waals surface area contributed by atoms with E-state index in [0.717, 1.165) is 18.7 Å². The fourth-order valence-corrected chi connectivity index (χ4v) is 2.53. The number of likely N-dealkylation sites (N-methyl/N-ethyl adjacent to an activating group) is 1. The molecule has 0 aromatic carbocycles. The molecular formula is C15H16N6S. The van der Waals surface area contributed by atoms with E-state index in [-0.39, 0.29) is 5.11 Å². The van der Waals surface area contributed by atoms with Crippen molar-refractivity contribution in [1.29, 1.82) is 0 Å². The lowest BCUT2D eigenvalue weighted by molar-refractivity contribution is 0.955. The first-order chi connectivity index (χ1) is 10.6. The number of hydrogen-bond acceptors (Lipinski definition) is 4. The molecule has 2 aromatic heterocycles. The molecule has 22 heavy (non-hydrogen) atoms. The van der Waals surface area contributed by atoms with Gasteiger partial charge in [0.2, 0.25) is 0 Å². The van der Waals surface area contributed by atoms with E-state index < -0.39 is 0 Å². The lowest BCUT2D eigenvalue weighted by Gasteiger charge is -2.11. The average Bonchev–Trinajstić information content (AvgIpc) is 2.89. The highest BCUT2D eigenvalue weighted by Gasteiger charge is 2.17. The summed E-state index contributed by atoms with van der Waals surface area (Å²) in [7, 11) is 2.05. The minimum Gasteiger partial charge on any atom is -0.382 e. The fourth-order valence-electron chi connectivity index (χ4n) is 2.32. The number of anilines is 2. The van der Waals surface area contributed by atoms with Gasteiger partial charge in [-0.3, -0.25) is 4.98 Å². The monoisotopic (exact) mass is 312 g/mol. The maximum absolute atomic E-state index is 6.00. The number of thiocarbonyl (C=S) groups is 1. The summed E-state index contributed by atoms with van der Waals surface area (Å²) in [5.74, 6) is 0.929. The van der Waals surface area contributed by atoms with E-state index in [2.05, 4.69) is 32.2 Å². The molecule has 0 fully saturated rings. The minimum absolute atomic E-state index is 0.260. The smallest absolute Gasteiger partial charge is 0.200 e. The Bertz CT molecular complexity index is 728. The number of hydrogen-bond donors (Lipinski definition) is 2. The summed E-state index contributed by atoms with van der Waals surface area (Å²) < 4.78 is 0. The molecule has 0 aliphatic carbocycles. The van der Waals surface area contributed by atoms with Gasteiger partial charge in [0.15, 0.2) is 10.9 Å². The molecule has 2 aromatic rings. The third-order valence-electron chi connectivity index (χ3n) is 3.48. The van der Waals surface area contributed by atoms with Crippen LogP contribution in [0.1, 0.15) is 11.3 Å². The summed E-state index contributed by atoms with van der Waals surface area (Å²) in [5, 5.41) is 3.18. The van der Waals surface area contributed by atoms with Crippen molar-refractivity contribution in [3.8, 4) is 0 Å². The van der Waals surface area contributed by atoms with Crippen LogP contribution in [0.3, 0.4) is 0 Å². The number of amidine groups is 1. The van der Waals surface area contributed by atoms with Crippen molar-refractivity contribution in [1.82, 2.24) is 9.97 Å². The Morgan fingerprint density at radius 2 is 2.27 bits per heavy atom. The maximum Gasteiger partial charge on any atom is 0.200 e. The van der Waals surface area contributed by atoms with Gasteiger partial charge in [0.1, 0.15) is 11.5 Å². The predicted molar refractivity (Wildman–Crippen MR) is 92.4 cm³/mol. The predicted octanol–water partition coefficient (Wildman–Crippen LogP) is 1.57. The van der Waals surface area contributed by atoms with Crippen LogP contribution in [0.25, 0.3) is 0 Å². The Balaban J connectivity index is 1.76.